The molecule has 1 aromatic heterocycles. The molecule has 0 radical (unpaired) electrons. The Labute approximate surface area is 130 Å². The summed E-state index contributed by atoms with van der Waals surface area (Å²) in [5.74, 6) is -0.557. The second-order valence-corrected chi connectivity index (χ2v) is 7.86. The molecule has 1 N–H and O–H groups in total. The Morgan fingerprint density at radius 2 is 2.18 bits per heavy atom. The Balaban J connectivity index is 2.06. The Morgan fingerprint density at radius 3 is 2.82 bits per heavy atom. The topological polar surface area (TPSA) is 88.6 Å². The SMILES string of the molecule is Cc1ccncc1C(=O)N[C@H]1COC[C@H]1CS(=O)(=O)N(C)C. The minimum atomic E-state index is -3.33. The maximum Gasteiger partial charge on any atom is 0.253 e. The molecule has 0 unspecified atom stereocenters. The summed E-state index contributed by atoms with van der Waals surface area (Å²) < 4.78 is 30.5. The number of nitrogens with zero attached hydrogens (tertiary/aromatic N) is 2. The normalized spacial score (nSPS) is 22.0. The van der Waals surface area contributed by atoms with E-state index in [0.29, 0.717) is 18.8 Å². The van der Waals surface area contributed by atoms with E-state index in [4.69, 9.17) is 4.74 Å². The lowest BCUT2D eigenvalue weighted by Gasteiger charge is -2.21. The highest BCUT2D eigenvalue weighted by Gasteiger charge is 2.34. The van der Waals surface area contributed by atoms with Crippen molar-refractivity contribution < 1.29 is 17.9 Å². The van der Waals surface area contributed by atoms with Crippen molar-refractivity contribution in [3.05, 3.63) is 29.6 Å². The molecular formula is C14H21N3O4S. The van der Waals surface area contributed by atoms with E-state index in [0.717, 1.165) is 5.56 Å². The molecule has 7 nitrogen and oxygen atoms in total. The number of nitrogens with one attached hydrogen (secondary N) is 1. The molecule has 1 saturated heterocycles. The Morgan fingerprint density at radius 1 is 1.45 bits per heavy atom. The number of hydrogen-bond donors (Lipinski definition) is 1. The van der Waals surface area contributed by atoms with Gasteiger partial charge < -0.3 is 10.1 Å². The third kappa shape index (κ3) is 3.82. The molecule has 1 aliphatic heterocycles. The standard InChI is InChI=1S/C14H21N3O4S/c1-10-4-5-15-6-12(10)14(18)16-13-8-21-7-11(13)9-22(19,20)17(2)3/h4-6,11,13H,7-9H2,1-3H3,(H,16,18)/t11-,13-/m0/s1. The lowest BCUT2D eigenvalue weighted by atomic mass is 10.1. The van der Waals surface area contributed by atoms with Crippen LogP contribution in [0.4, 0.5) is 0 Å². The Hall–Kier alpha value is -1.51. The van der Waals surface area contributed by atoms with Crippen molar-refractivity contribution in [1.29, 1.82) is 0 Å². The summed E-state index contributed by atoms with van der Waals surface area (Å²) in [7, 11) is -0.338. The number of ether oxygens (including phenoxy) is 1. The maximum atomic E-state index is 12.3. The van der Waals surface area contributed by atoms with Gasteiger partial charge in [0.05, 0.1) is 30.6 Å². The van der Waals surface area contributed by atoms with Gasteiger partial charge in [0.15, 0.2) is 0 Å². The van der Waals surface area contributed by atoms with Crippen LogP contribution in [0.2, 0.25) is 0 Å². The monoisotopic (exact) mass is 327 g/mol. The molecule has 2 rings (SSSR count). The Kier molecular flexibility index (Phi) is 5.15. The molecule has 1 aromatic rings. The maximum absolute atomic E-state index is 12.3. The van der Waals surface area contributed by atoms with E-state index in [-0.39, 0.29) is 23.6 Å². The van der Waals surface area contributed by atoms with Crippen LogP contribution in [0.3, 0.4) is 0 Å². The predicted octanol–water partition coefficient (Wildman–Crippen LogP) is 0.0262. The van der Waals surface area contributed by atoms with E-state index < -0.39 is 10.0 Å². The second-order valence-electron chi connectivity index (χ2n) is 5.63. The minimum Gasteiger partial charge on any atom is -0.379 e. The van der Waals surface area contributed by atoms with Gasteiger partial charge in [0.1, 0.15) is 0 Å². The zero-order valence-electron chi connectivity index (χ0n) is 12.9. The van der Waals surface area contributed by atoms with Crippen molar-refractivity contribution in [3.8, 4) is 0 Å². The third-order valence-electron chi connectivity index (χ3n) is 3.78. The van der Waals surface area contributed by atoms with Gasteiger partial charge in [-0.1, -0.05) is 0 Å². The van der Waals surface area contributed by atoms with Gasteiger partial charge in [0.2, 0.25) is 10.0 Å². The molecule has 2 atom stereocenters. The number of amides is 1. The summed E-state index contributed by atoms with van der Waals surface area (Å²) in [6.07, 6.45) is 3.13. The molecular weight excluding hydrogens is 306 g/mol. The van der Waals surface area contributed by atoms with Crippen molar-refractivity contribution >= 4 is 15.9 Å². The van der Waals surface area contributed by atoms with Gasteiger partial charge in [-0.2, -0.15) is 0 Å². The smallest absolute Gasteiger partial charge is 0.253 e. The summed E-state index contributed by atoms with van der Waals surface area (Å²) in [5.41, 5.74) is 1.31. The van der Waals surface area contributed by atoms with E-state index in [1.165, 1.54) is 24.6 Å². The summed E-state index contributed by atoms with van der Waals surface area (Å²) in [5, 5.41) is 2.86. The summed E-state index contributed by atoms with van der Waals surface area (Å²) in [4.78, 5) is 16.2. The van der Waals surface area contributed by atoms with Gasteiger partial charge >= 0.3 is 0 Å². The van der Waals surface area contributed by atoms with Crippen molar-refractivity contribution in [3.63, 3.8) is 0 Å². The van der Waals surface area contributed by atoms with Gasteiger partial charge in [-0.15, -0.1) is 0 Å². The molecule has 0 aliphatic carbocycles. The predicted molar refractivity (Wildman–Crippen MR) is 82.0 cm³/mol. The molecule has 0 aromatic carbocycles. The number of rotatable bonds is 5. The number of carbonyl (C=O) groups is 1. The first-order valence-corrected chi connectivity index (χ1v) is 8.61. The van der Waals surface area contributed by atoms with E-state index in [1.807, 2.05) is 6.92 Å². The van der Waals surface area contributed by atoms with E-state index in [2.05, 4.69) is 10.3 Å². The van der Waals surface area contributed by atoms with Crippen LogP contribution in [0.15, 0.2) is 18.5 Å². The first-order valence-electron chi connectivity index (χ1n) is 7.00. The van der Waals surface area contributed by atoms with Gasteiger partial charge in [0, 0.05) is 32.4 Å². The van der Waals surface area contributed by atoms with Crippen molar-refractivity contribution in [1.82, 2.24) is 14.6 Å². The Bertz CT molecular complexity index is 645. The molecule has 22 heavy (non-hydrogen) atoms. The van der Waals surface area contributed by atoms with Gasteiger partial charge in [0.25, 0.3) is 5.91 Å². The van der Waals surface area contributed by atoms with E-state index >= 15 is 0 Å². The number of sulfonamides is 1. The highest BCUT2D eigenvalue weighted by molar-refractivity contribution is 7.89. The fraction of sp³-hybridized carbons (Fsp3) is 0.571. The molecule has 122 valence electrons. The van der Waals surface area contributed by atoms with Gasteiger partial charge in [-0.25, -0.2) is 12.7 Å². The van der Waals surface area contributed by atoms with Crippen LogP contribution in [0.1, 0.15) is 15.9 Å². The van der Waals surface area contributed by atoms with Crippen LogP contribution in [-0.2, 0) is 14.8 Å². The molecule has 1 aliphatic rings. The molecule has 8 heteroatoms. The molecule has 0 bridgehead atoms. The summed E-state index contributed by atoms with van der Waals surface area (Å²) in [6.45, 7) is 2.47. The number of carbonyl (C=O) groups excluding carboxylic acids is 1. The zero-order chi connectivity index (χ0) is 16.3. The van der Waals surface area contributed by atoms with E-state index in [1.54, 1.807) is 12.3 Å². The minimum absolute atomic E-state index is 0.0447. The van der Waals surface area contributed by atoms with Crippen LogP contribution >= 0.6 is 0 Å². The average molecular weight is 327 g/mol. The van der Waals surface area contributed by atoms with Gasteiger partial charge in [-0.3, -0.25) is 9.78 Å². The molecule has 0 spiro atoms. The fourth-order valence-electron chi connectivity index (χ4n) is 2.29. The zero-order valence-corrected chi connectivity index (χ0v) is 13.8. The number of aromatic nitrogens is 1. The first kappa shape index (κ1) is 16.9. The lowest BCUT2D eigenvalue weighted by molar-refractivity contribution is 0.0925. The molecule has 2 heterocycles. The highest BCUT2D eigenvalue weighted by atomic mass is 32.2. The first-order chi connectivity index (χ1) is 10.3. The molecule has 1 amide bonds. The average Bonchev–Trinajstić information content (AvgIpc) is 2.85. The van der Waals surface area contributed by atoms with Crippen LogP contribution in [0.25, 0.3) is 0 Å². The largest absolute Gasteiger partial charge is 0.379 e. The lowest BCUT2D eigenvalue weighted by Crippen LogP contribution is -2.43. The van der Waals surface area contributed by atoms with Crippen LogP contribution in [0.5, 0.6) is 0 Å². The van der Waals surface area contributed by atoms with Gasteiger partial charge in [-0.05, 0) is 18.6 Å². The summed E-state index contributed by atoms with van der Waals surface area (Å²) >= 11 is 0. The number of hydrogen-bond acceptors (Lipinski definition) is 5. The highest BCUT2D eigenvalue weighted by Crippen LogP contribution is 2.18. The molecule has 1 fully saturated rings. The van der Waals surface area contributed by atoms with E-state index in [9.17, 15) is 13.2 Å². The van der Waals surface area contributed by atoms with Crippen LogP contribution < -0.4 is 5.32 Å². The number of aryl methyl sites for hydroxylation is 1. The fourth-order valence-corrected chi connectivity index (χ4v) is 3.46. The van der Waals surface area contributed by atoms with Crippen molar-refractivity contribution in [2.75, 3.05) is 33.1 Å². The number of pyridine rings is 1. The summed E-state index contributed by atoms with van der Waals surface area (Å²) in [6, 6.07) is 1.44. The van der Waals surface area contributed by atoms with Crippen LogP contribution in [-0.4, -0.2) is 62.7 Å². The second kappa shape index (κ2) is 6.72. The van der Waals surface area contributed by atoms with Crippen LogP contribution in [0, 0.1) is 12.8 Å². The third-order valence-corrected chi connectivity index (χ3v) is 5.74. The quantitative estimate of drug-likeness (QED) is 0.824. The molecule has 0 saturated carbocycles. The van der Waals surface area contributed by atoms with Crippen molar-refractivity contribution in [2.24, 2.45) is 5.92 Å². The van der Waals surface area contributed by atoms with Crippen molar-refractivity contribution in [2.45, 2.75) is 13.0 Å².